The van der Waals surface area contributed by atoms with E-state index < -0.39 is 0 Å². The first-order valence-electron chi connectivity index (χ1n) is 8.22. The van der Waals surface area contributed by atoms with Crippen molar-refractivity contribution in [3.63, 3.8) is 0 Å². The monoisotopic (exact) mass is 467 g/mol. The number of hydrogen-bond acceptors (Lipinski definition) is 5. The molecule has 0 spiro atoms. The topological polar surface area (TPSA) is 89.0 Å². The highest BCUT2D eigenvalue weighted by molar-refractivity contribution is 9.10. The number of halogens is 2. The van der Waals surface area contributed by atoms with E-state index in [1.165, 1.54) is 13.3 Å². The second-order valence-corrected chi connectivity index (χ2v) is 6.78. The fraction of sp³-hybridized carbons (Fsp3) is 0.211. The number of amides is 2. The number of methoxy groups -OCH3 is 2. The molecule has 0 atom stereocenters. The van der Waals surface area contributed by atoms with Crippen molar-refractivity contribution in [1.82, 2.24) is 10.7 Å². The van der Waals surface area contributed by atoms with Crippen LogP contribution in [0, 0.1) is 0 Å². The maximum atomic E-state index is 12.0. The largest absolute Gasteiger partial charge is 0.493 e. The van der Waals surface area contributed by atoms with Gasteiger partial charge < -0.3 is 14.8 Å². The number of nitrogens with zero attached hydrogens (tertiary/aromatic N) is 1. The molecule has 9 heteroatoms. The molecular formula is C19H19BrClN3O4. The summed E-state index contributed by atoms with van der Waals surface area (Å²) in [6, 6.07) is 10.2. The van der Waals surface area contributed by atoms with Gasteiger partial charge in [0.15, 0.2) is 11.5 Å². The zero-order valence-electron chi connectivity index (χ0n) is 15.3. The fourth-order valence-corrected chi connectivity index (χ4v) is 3.12. The van der Waals surface area contributed by atoms with E-state index in [1.54, 1.807) is 43.5 Å². The van der Waals surface area contributed by atoms with Crippen LogP contribution in [0.1, 0.15) is 22.3 Å². The van der Waals surface area contributed by atoms with Gasteiger partial charge in [0.05, 0.1) is 35.5 Å². The second kappa shape index (κ2) is 10.7. The first-order valence-corrected chi connectivity index (χ1v) is 9.39. The highest BCUT2D eigenvalue weighted by Gasteiger charge is 2.11. The smallest absolute Gasteiger partial charge is 0.252 e. The zero-order chi connectivity index (χ0) is 20.5. The molecule has 0 unspecified atom stereocenters. The van der Waals surface area contributed by atoms with E-state index in [-0.39, 0.29) is 24.8 Å². The maximum Gasteiger partial charge on any atom is 0.252 e. The lowest BCUT2D eigenvalue weighted by Gasteiger charge is -2.10. The lowest BCUT2D eigenvalue weighted by molar-refractivity contribution is -0.120. The molecule has 28 heavy (non-hydrogen) atoms. The summed E-state index contributed by atoms with van der Waals surface area (Å²) in [6.45, 7) is 0.160. The first kappa shape index (κ1) is 21.7. The summed E-state index contributed by atoms with van der Waals surface area (Å²) in [5, 5.41) is 6.91. The van der Waals surface area contributed by atoms with Gasteiger partial charge in [0, 0.05) is 13.0 Å². The number of carbonyl (C=O) groups is 2. The van der Waals surface area contributed by atoms with E-state index in [9.17, 15) is 9.59 Å². The van der Waals surface area contributed by atoms with E-state index in [2.05, 4.69) is 31.8 Å². The van der Waals surface area contributed by atoms with Crippen molar-refractivity contribution in [2.45, 2.75) is 6.42 Å². The van der Waals surface area contributed by atoms with Crippen LogP contribution in [0.5, 0.6) is 11.5 Å². The lowest BCUT2D eigenvalue weighted by atomic mass is 10.2. The predicted octanol–water partition coefficient (Wildman–Crippen LogP) is 3.39. The van der Waals surface area contributed by atoms with E-state index in [1.807, 2.05) is 0 Å². The molecule has 0 radical (unpaired) electrons. The Morgan fingerprint density at radius 2 is 1.96 bits per heavy atom. The molecule has 0 heterocycles. The van der Waals surface area contributed by atoms with Gasteiger partial charge in [0.2, 0.25) is 5.91 Å². The number of benzene rings is 2. The van der Waals surface area contributed by atoms with Crippen molar-refractivity contribution < 1.29 is 19.1 Å². The Bertz CT molecular complexity index is 889. The minimum Gasteiger partial charge on any atom is -0.493 e. The zero-order valence-corrected chi connectivity index (χ0v) is 17.6. The molecule has 2 aromatic rings. The molecule has 2 amide bonds. The summed E-state index contributed by atoms with van der Waals surface area (Å²) >= 11 is 9.35. The molecule has 0 aliphatic heterocycles. The van der Waals surface area contributed by atoms with Crippen LogP contribution in [0.4, 0.5) is 0 Å². The Hall–Kier alpha value is -2.58. The highest BCUT2D eigenvalue weighted by Crippen LogP contribution is 2.35. The number of carbonyl (C=O) groups excluding carboxylic acids is 2. The molecular weight excluding hydrogens is 450 g/mol. The molecule has 2 aromatic carbocycles. The van der Waals surface area contributed by atoms with Gasteiger partial charge >= 0.3 is 0 Å². The average molecular weight is 469 g/mol. The van der Waals surface area contributed by atoms with E-state index in [4.69, 9.17) is 21.1 Å². The van der Waals surface area contributed by atoms with Crippen molar-refractivity contribution in [2.24, 2.45) is 5.10 Å². The third kappa shape index (κ3) is 5.97. The average Bonchev–Trinajstić information content (AvgIpc) is 2.67. The van der Waals surface area contributed by atoms with Crippen LogP contribution in [0.2, 0.25) is 5.02 Å². The number of nitrogens with one attached hydrogen (secondary N) is 2. The minimum atomic E-state index is -0.338. The van der Waals surface area contributed by atoms with Gasteiger partial charge in [0.1, 0.15) is 0 Å². The van der Waals surface area contributed by atoms with Crippen LogP contribution in [0.25, 0.3) is 0 Å². The third-order valence-electron chi connectivity index (χ3n) is 3.61. The Labute approximate surface area is 176 Å². The van der Waals surface area contributed by atoms with Crippen LogP contribution >= 0.6 is 27.5 Å². The minimum absolute atomic E-state index is 0.0726. The van der Waals surface area contributed by atoms with E-state index in [0.29, 0.717) is 32.1 Å². The number of rotatable bonds is 8. The fourth-order valence-electron chi connectivity index (χ4n) is 2.28. The summed E-state index contributed by atoms with van der Waals surface area (Å²) in [7, 11) is 3.07. The molecule has 7 nitrogen and oxygen atoms in total. The SMILES string of the molecule is COc1cc(C=NNC(=O)CCNC(=O)c2ccccc2Cl)cc(Br)c1OC. The van der Waals surface area contributed by atoms with Gasteiger partial charge in [-0.15, -0.1) is 0 Å². The van der Waals surface area contributed by atoms with Crippen molar-refractivity contribution >= 4 is 45.6 Å². The second-order valence-electron chi connectivity index (χ2n) is 5.52. The van der Waals surface area contributed by atoms with Crippen molar-refractivity contribution in [3.05, 3.63) is 57.0 Å². The van der Waals surface area contributed by atoms with Crippen LogP contribution in [0.15, 0.2) is 46.0 Å². The van der Waals surface area contributed by atoms with E-state index >= 15 is 0 Å². The number of hydrazone groups is 1. The molecule has 0 aromatic heterocycles. The highest BCUT2D eigenvalue weighted by atomic mass is 79.9. The summed E-state index contributed by atoms with van der Waals surface area (Å²) in [5.74, 6) is 0.428. The first-order chi connectivity index (χ1) is 13.5. The summed E-state index contributed by atoms with van der Waals surface area (Å²) in [5.41, 5.74) is 3.48. The Morgan fingerprint density at radius 1 is 1.21 bits per heavy atom. The van der Waals surface area contributed by atoms with Crippen LogP contribution in [0.3, 0.4) is 0 Å². The van der Waals surface area contributed by atoms with Gasteiger partial charge in [-0.25, -0.2) is 5.43 Å². The summed E-state index contributed by atoms with van der Waals surface area (Å²) in [4.78, 5) is 23.9. The van der Waals surface area contributed by atoms with Crippen LogP contribution in [-0.4, -0.2) is 38.8 Å². The predicted molar refractivity (Wildman–Crippen MR) is 111 cm³/mol. The quantitative estimate of drug-likeness (QED) is 0.459. The number of hydrogen-bond donors (Lipinski definition) is 2. The van der Waals surface area contributed by atoms with Gasteiger partial charge in [-0.2, -0.15) is 5.10 Å². The maximum absolute atomic E-state index is 12.0. The molecule has 0 saturated carbocycles. The third-order valence-corrected chi connectivity index (χ3v) is 4.53. The van der Waals surface area contributed by atoms with Crippen LogP contribution < -0.4 is 20.2 Å². The molecule has 0 aliphatic carbocycles. The molecule has 2 N–H and O–H groups in total. The van der Waals surface area contributed by atoms with Gasteiger partial charge in [-0.3, -0.25) is 9.59 Å². The molecule has 0 fully saturated rings. The molecule has 2 rings (SSSR count). The summed E-state index contributed by atoms with van der Waals surface area (Å²) in [6.07, 6.45) is 1.55. The van der Waals surface area contributed by atoms with Crippen molar-refractivity contribution in [1.29, 1.82) is 0 Å². The lowest BCUT2D eigenvalue weighted by Crippen LogP contribution is -2.29. The van der Waals surface area contributed by atoms with Crippen LogP contribution in [-0.2, 0) is 4.79 Å². The molecule has 148 valence electrons. The van der Waals surface area contributed by atoms with Gasteiger partial charge in [-0.05, 0) is 45.8 Å². The molecule has 0 aliphatic rings. The molecule has 0 saturated heterocycles. The Kier molecular flexibility index (Phi) is 8.28. The van der Waals surface area contributed by atoms with Crippen molar-refractivity contribution in [2.75, 3.05) is 20.8 Å². The van der Waals surface area contributed by atoms with E-state index in [0.717, 1.165) is 0 Å². The summed E-state index contributed by atoms with van der Waals surface area (Å²) < 4.78 is 11.2. The molecule has 0 bridgehead atoms. The Morgan fingerprint density at radius 3 is 2.64 bits per heavy atom. The van der Waals surface area contributed by atoms with Gasteiger partial charge in [0.25, 0.3) is 5.91 Å². The standard InChI is InChI=1S/C19H19BrClN3O4/c1-27-16-10-12(9-14(20)18(16)28-2)11-23-24-17(25)7-8-22-19(26)13-5-3-4-6-15(13)21/h3-6,9-11H,7-8H2,1-2H3,(H,22,26)(H,24,25). The van der Waals surface area contributed by atoms with Crippen molar-refractivity contribution in [3.8, 4) is 11.5 Å². The van der Waals surface area contributed by atoms with Gasteiger partial charge in [-0.1, -0.05) is 23.7 Å². The Balaban J connectivity index is 1.83. The normalized spacial score (nSPS) is 10.6. The number of ether oxygens (including phenoxy) is 2.